The fourth-order valence-corrected chi connectivity index (χ4v) is 13.5. The van der Waals surface area contributed by atoms with Gasteiger partial charge in [0, 0.05) is 6.42 Å². The molecule has 0 rings (SSSR count). The van der Waals surface area contributed by atoms with E-state index in [4.69, 9.17) is 9.05 Å². The number of amides is 1. The van der Waals surface area contributed by atoms with Gasteiger partial charge in [-0.1, -0.05) is 416 Å². The Balaban J connectivity index is 3.87. The van der Waals surface area contributed by atoms with Crippen LogP contribution in [0.5, 0.6) is 0 Å². The van der Waals surface area contributed by atoms with Crippen LogP contribution in [-0.4, -0.2) is 68.5 Å². The Kier molecular flexibility index (Phi) is 72.5. The molecule has 0 aromatic carbocycles. The van der Waals surface area contributed by atoms with Gasteiger partial charge in [-0.15, -0.1) is 0 Å². The number of hydrogen-bond donors (Lipinski definition) is 2. The molecule has 8 nitrogen and oxygen atoms in total. The number of likely N-dealkylation sites (N-methyl/N-ethyl adjacent to an activating group) is 1. The van der Waals surface area contributed by atoms with Crippen molar-refractivity contribution in [1.29, 1.82) is 0 Å². The summed E-state index contributed by atoms with van der Waals surface area (Å²) in [7, 11) is 1.33. The summed E-state index contributed by atoms with van der Waals surface area (Å²) < 4.78 is 23.6. The molecule has 0 aliphatic rings. The van der Waals surface area contributed by atoms with Crippen LogP contribution in [0.1, 0.15) is 425 Å². The van der Waals surface area contributed by atoms with Gasteiger partial charge in [0.05, 0.1) is 39.9 Å². The summed E-state index contributed by atoms with van der Waals surface area (Å²) in [5.41, 5.74) is 0. The molecule has 9 heteroatoms. The highest BCUT2D eigenvalue weighted by atomic mass is 31.2. The lowest BCUT2D eigenvalue weighted by molar-refractivity contribution is -0.870. The zero-order valence-electron chi connectivity index (χ0n) is 62.5. The Morgan fingerprint density at radius 1 is 0.391 bits per heavy atom. The van der Waals surface area contributed by atoms with E-state index in [9.17, 15) is 19.4 Å². The van der Waals surface area contributed by atoms with Crippen LogP contribution in [0.15, 0.2) is 48.6 Å². The van der Waals surface area contributed by atoms with Gasteiger partial charge in [-0.05, 0) is 51.4 Å². The molecule has 3 atom stereocenters. The van der Waals surface area contributed by atoms with Crippen LogP contribution in [-0.2, 0) is 18.4 Å². The highest BCUT2D eigenvalue weighted by Crippen LogP contribution is 2.38. The maximum atomic E-state index is 13.1. The number of nitrogens with zero attached hydrogens (tertiary/aromatic N) is 1. The Labute approximate surface area is 575 Å². The average Bonchev–Trinajstić information content (AvgIpc) is 2.63. The minimum absolute atomic E-state index is 0.0151. The highest BCUT2D eigenvalue weighted by molar-refractivity contribution is 7.45. The highest BCUT2D eigenvalue weighted by Gasteiger charge is 2.24. The molecular weight excluding hydrogens is 1150 g/mol. The SMILES string of the molecule is CC/C=C\C/C=C\C/C=C\C/C=C\CCCCCCCCCCCCCCCCCCCCCCCCCCCCCCC(=O)NC(COP(=O)([O-])OCC[N+](C)(C)C)C(O)CCCCCCCCCCCCCCCCCCCCCCCCCCCCCCC. The van der Waals surface area contributed by atoms with Gasteiger partial charge < -0.3 is 28.8 Å². The summed E-state index contributed by atoms with van der Waals surface area (Å²) >= 11 is 0. The second-order valence-corrected chi connectivity index (χ2v) is 30.9. The van der Waals surface area contributed by atoms with Crippen LogP contribution in [0, 0.1) is 0 Å². The van der Waals surface area contributed by atoms with Gasteiger partial charge >= 0.3 is 0 Å². The molecule has 0 saturated carbocycles. The Bertz CT molecular complexity index is 1640. The number of rotatable bonds is 77. The maximum Gasteiger partial charge on any atom is 0.268 e. The zero-order valence-corrected chi connectivity index (χ0v) is 63.4. The molecule has 0 aromatic rings. The summed E-state index contributed by atoms with van der Waals surface area (Å²) in [6, 6.07) is -0.801. The van der Waals surface area contributed by atoms with Gasteiger partial charge in [-0.25, -0.2) is 0 Å². The number of quaternary nitrogens is 1. The number of phosphoric acid groups is 1. The summed E-state index contributed by atoms with van der Waals surface area (Å²) in [5, 5.41) is 14.2. The molecule has 0 saturated heterocycles. The van der Waals surface area contributed by atoms with Crippen LogP contribution < -0.4 is 10.2 Å². The van der Waals surface area contributed by atoms with Gasteiger partial charge in [-0.3, -0.25) is 9.36 Å². The van der Waals surface area contributed by atoms with E-state index >= 15 is 0 Å². The van der Waals surface area contributed by atoms with E-state index in [1.807, 2.05) is 21.1 Å². The molecule has 0 spiro atoms. The molecular formula is C83H161N2O6P. The molecule has 544 valence electrons. The Hall–Kier alpha value is -1.54. The molecule has 2 N–H and O–H groups in total. The second-order valence-electron chi connectivity index (χ2n) is 29.5. The average molecular weight is 1310 g/mol. The van der Waals surface area contributed by atoms with E-state index in [-0.39, 0.29) is 19.1 Å². The monoisotopic (exact) mass is 1310 g/mol. The molecule has 3 unspecified atom stereocenters. The van der Waals surface area contributed by atoms with Crippen molar-refractivity contribution in [2.24, 2.45) is 0 Å². The molecule has 0 radical (unpaired) electrons. The predicted molar refractivity (Wildman–Crippen MR) is 404 cm³/mol. The summed E-state index contributed by atoms with van der Waals surface area (Å²) in [6.07, 6.45) is 101. The lowest BCUT2D eigenvalue weighted by atomic mass is 10.0. The van der Waals surface area contributed by atoms with E-state index in [1.54, 1.807) is 0 Å². The number of carbonyl (C=O) groups excluding carboxylic acids is 1. The van der Waals surface area contributed by atoms with Crippen molar-refractivity contribution >= 4 is 13.7 Å². The first-order chi connectivity index (χ1) is 45.0. The predicted octanol–water partition coefficient (Wildman–Crippen LogP) is 26.3. The number of hydrogen-bond acceptors (Lipinski definition) is 6. The Morgan fingerprint density at radius 2 is 0.663 bits per heavy atom. The molecule has 0 aromatic heterocycles. The molecule has 0 aliphatic carbocycles. The van der Waals surface area contributed by atoms with Crippen LogP contribution in [0.25, 0.3) is 0 Å². The third-order valence-corrected chi connectivity index (χ3v) is 20.0. The first-order valence-corrected chi connectivity index (χ1v) is 42.4. The van der Waals surface area contributed by atoms with Crippen molar-refractivity contribution in [2.45, 2.75) is 437 Å². The minimum atomic E-state index is -4.58. The number of aliphatic hydroxyl groups excluding tert-OH is 1. The van der Waals surface area contributed by atoms with E-state index in [1.165, 1.54) is 334 Å². The molecule has 92 heavy (non-hydrogen) atoms. The summed E-state index contributed by atoms with van der Waals surface area (Å²) in [5.74, 6) is -0.154. The molecule has 0 bridgehead atoms. The first kappa shape index (κ1) is 90.5. The molecule has 0 heterocycles. The molecule has 0 fully saturated rings. The quantitative estimate of drug-likeness (QED) is 0.0272. The summed E-state index contributed by atoms with van der Waals surface area (Å²) in [4.78, 5) is 25.8. The van der Waals surface area contributed by atoms with E-state index in [2.05, 4.69) is 67.8 Å². The largest absolute Gasteiger partial charge is 0.756 e. The second kappa shape index (κ2) is 73.7. The van der Waals surface area contributed by atoms with Gasteiger partial charge in [0.1, 0.15) is 13.2 Å². The number of aliphatic hydroxyl groups is 1. The molecule has 1 amide bonds. The van der Waals surface area contributed by atoms with Crippen molar-refractivity contribution in [3.05, 3.63) is 48.6 Å². The third kappa shape index (κ3) is 75.8. The first-order valence-electron chi connectivity index (χ1n) is 41.0. The number of phosphoric ester groups is 1. The van der Waals surface area contributed by atoms with Crippen LogP contribution >= 0.6 is 7.82 Å². The zero-order chi connectivity index (χ0) is 66.9. The smallest absolute Gasteiger partial charge is 0.268 e. The fourth-order valence-electron chi connectivity index (χ4n) is 12.8. The lowest BCUT2D eigenvalue weighted by Crippen LogP contribution is -2.46. The van der Waals surface area contributed by atoms with Crippen LogP contribution in [0.3, 0.4) is 0 Å². The topological polar surface area (TPSA) is 108 Å². The number of allylic oxidation sites excluding steroid dienone is 8. The summed E-state index contributed by atoms with van der Waals surface area (Å²) in [6.45, 7) is 4.68. The van der Waals surface area contributed by atoms with E-state index in [0.717, 1.165) is 64.2 Å². The number of nitrogens with one attached hydrogen (secondary N) is 1. The van der Waals surface area contributed by atoms with Gasteiger partial charge in [0.15, 0.2) is 0 Å². The third-order valence-electron chi connectivity index (χ3n) is 19.1. The van der Waals surface area contributed by atoms with Crippen molar-refractivity contribution < 1.29 is 32.9 Å². The standard InChI is InChI=1S/C83H161N2O6P/c1-6-8-10-12-14-16-18-20-22-24-26-28-30-32-34-36-37-38-39-40-41-42-43-44-45-46-47-49-51-53-55-57-59-61-63-65-67-69-71-73-75-77-83(87)84-81(80-91-92(88,89)90-79-78-85(3,4)5)82(86)76-74-72-70-68-66-64-62-60-58-56-54-52-50-48-35-33-31-29-27-25-23-21-19-17-15-13-11-9-7-2/h8,10,14,16,20,22,26,28,81-82,86H,6-7,9,11-13,15,17-19,21,23-25,27,29-80H2,1-5H3,(H-,84,87,88,89)/b10-8-,16-14-,22-20-,28-26-. The fraction of sp³-hybridized carbons (Fsp3) is 0.892. The number of unbranched alkanes of at least 4 members (excludes halogenated alkanes) is 56. The van der Waals surface area contributed by atoms with E-state index in [0.29, 0.717) is 23.9 Å². The lowest BCUT2D eigenvalue weighted by Gasteiger charge is -2.30. The van der Waals surface area contributed by atoms with Gasteiger partial charge in [0.2, 0.25) is 5.91 Å². The van der Waals surface area contributed by atoms with Crippen molar-refractivity contribution in [3.63, 3.8) is 0 Å². The van der Waals surface area contributed by atoms with Crippen molar-refractivity contribution in [3.8, 4) is 0 Å². The normalized spacial score (nSPS) is 13.7. The minimum Gasteiger partial charge on any atom is -0.756 e. The van der Waals surface area contributed by atoms with Crippen LogP contribution in [0.4, 0.5) is 0 Å². The van der Waals surface area contributed by atoms with Crippen molar-refractivity contribution in [1.82, 2.24) is 5.32 Å². The van der Waals surface area contributed by atoms with Crippen LogP contribution in [0.2, 0.25) is 0 Å². The van der Waals surface area contributed by atoms with Crippen molar-refractivity contribution in [2.75, 3.05) is 40.9 Å². The van der Waals surface area contributed by atoms with Gasteiger partial charge in [-0.2, -0.15) is 0 Å². The van der Waals surface area contributed by atoms with E-state index < -0.39 is 20.0 Å². The molecule has 0 aliphatic heterocycles. The maximum absolute atomic E-state index is 13.1. The Morgan fingerprint density at radius 3 is 0.967 bits per heavy atom. The van der Waals surface area contributed by atoms with Gasteiger partial charge in [0.25, 0.3) is 7.82 Å². The number of carbonyl (C=O) groups is 1.